The van der Waals surface area contributed by atoms with E-state index in [0.717, 1.165) is 29.8 Å². The number of aromatic nitrogens is 3. The predicted molar refractivity (Wildman–Crippen MR) is 123 cm³/mol. The summed E-state index contributed by atoms with van der Waals surface area (Å²) in [6.07, 6.45) is 8.32. The Hall–Kier alpha value is -3.35. The van der Waals surface area contributed by atoms with Gasteiger partial charge in [0.05, 0.1) is 37.2 Å². The molecule has 3 aromatic rings. The first-order chi connectivity index (χ1) is 15.7. The van der Waals surface area contributed by atoms with Gasteiger partial charge in [-0.3, -0.25) is 14.5 Å². The van der Waals surface area contributed by atoms with Gasteiger partial charge >= 0.3 is 0 Å². The molecule has 1 N–H and O–H groups in total. The van der Waals surface area contributed by atoms with Crippen LogP contribution in [-0.4, -0.2) is 33.9 Å². The van der Waals surface area contributed by atoms with E-state index in [1.54, 1.807) is 30.6 Å². The number of ether oxygens (including phenoxy) is 2. The van der Waals surface area contributed by atoms with Crippen molar-refractivity contribution >= 4 is 5.91 Å². The summed E-state index contributed by atoms with van der Waals surface area (Å²) in [7, 11) is 0. The molecule has 1 aromatic carbocycles. The number of benzene rings is 1. The molecular formula is C25H30N4O3. The maximum Gasteiger partial charge on any atom is 0.251 e. The van der Waals surface area contributed by atoms with Crippen molar-refractivity contribution in [3.63, 3.8) is 0 Å². The van der Waals surface area contributed by atoms with E-state index in [4.69, 9.17) is 14.6 Å². The standard InChI is InChI=1S/C25H30N4O3/c1-3-31-23-10-9-19(15-24(23)32-4-2)25(30)27-17-20-16-22(18-11-13-26-14-12-18)29(28-20)21-7-5-6-8-21/h9-16,21H,3-8,17H2,1-2H3,(H,27,30). The first-order valence-electron chi connectivity index (χ1n) is 11.4. The van der Waals surface area contributed by atoms with E-state index < -0.39 is 0 Å². The lowest BCUT2D eigenvalue weighted by molar-refractivity contribution is 0.0949. The lowest BCUT2D eigenvalue weighted by Crippen LogP contribution is -2.23. The van der Waals surface area contributed by atoms with Gasteiger partial charge in [0.2, 0.25) is 0 Å². The summed E-state index contributed by atoms with van der Waals surface area (Å²) in [5.74, 6) is 1.05. The fourth-order valence-corrected chi connectivity index (χ4v) is 4.16. The van der Waals surface area contributed by atoms with Gasteiger partial charge in [-0.25, -0.2) is 0 Å². The van der Waals surface area contributed by atoms with Crippen LogP contribution in [-0.2, 0) is 6.54 Å². The molecule has 0 atom stereocenters. The van der Waals surface area contributed by atoms with Gasteiger partial charge in [0.15, 0.2) is 11.5 Å². The third kappa shape index (κ3) is 4.93. The zero-order chi connectivity index (χ0) is 22.3. The van der Waals surface area contributed by atoms with Gasteiger partial charge in [0.1, 0.15) is 0 Å². The van der Waals surface area contributed by atoms with Crippen molar-refractivity contribution in [1.29, 1.82) is 0 Å². The van der Waals surface area contributed by atoms with E-state index >= 15 is 0 Å². The zero-order valence-electron chi connectivity index (χ0n) is 18.7. The number of pyridine rings is 1. The van der Waals surface area contributed by atoms with Crippen LogP contribution in [0, 0.1) is 0 Å². The minimum absolute atomic E-state index is 0.171. The molecule has 1 aliphatic rings. The Morgan fingerprint density at radius 1 is 1.03 bits per heavy atom. The summed E-state index contributed by atoms with van der Waals surface area (Å²) < 4.78 is 13.4. The number of hydrogen-bond acceptors (Lipinski definition) is 5. The smallest absolute Gasteiger partial charge is 0.251 e. The molecule has 1 fully saturated rings. The molecule has 0 spiro atoms. The second kappa shape index (κ2) is 10.3. The van der Waals surface area contributed by atoms with Gasteiger partial charge in [-0.05, 0) is 63.1 Å². The average molecular weight is 435 g/mol. The van der Waals surface area contributed by atoms with Crippen molar-refractivity contribution in [1.82, 2.24) is 20.1 Å². The van der Waals surface area contributed by atoms with Gasteiger partial charge < -0.3 is 14.8 Å². The molecule has 0 saturated heterocycles. The molecule has 4 rings (SSSR count). The van der Waals surface area contributed by atoms with Crippen LogP contribution < -0.4 is 14.8 Å². The lowest BCUT2D eigenvalue weighted by Gasteiger charge is -2.14. The Balaban J connectivity index is 1.51. The Labute approximate surface area is 188 Å². The lowest BCUT2D eigenvalue weighted by atomic mass is 10.1. The normalized spacial score (nSPS) is 13.8. The van der Waals surface area contributed by atoms with Crippen LogP contribution in [0.15, 0.2) is 48.8 Å². The van der Waals surface area contributed by atoms with E-state index in [-0.39, 0.29) is 5.91 Å². The third-order valence-electron chi connectivity index (χ3n) is 5.67. The summed E-state index contributed by atoms with van der Waals surface area (Å²) in [5, 5.41) is 7.85. The van der Waals surface area contributed by atoms with Crippen LogP contribution >= 0.6 is 0 Å². The zero-order valence-corrected chi connectivity index (χ0v) is 18.7. The molecule has 0 unspecified atom stereocenters. The Morgan fingerprint density at radius 3 is 2.47 bits per heavy atom. The molecule has 7 nitrogen and oxygen atoms in total. The Bertz CT molecular complexity index is 1040. The molecule has 7 heteroatoms. The predicted octanol–water partition coefficient (Wildman–Crippen LogP) is 4.79. The number of amides is 1. The second-order valence-corrected chi connectivity index (χ2v) is 7.85. The molecule has 1 amide bonds. The van der Waals surface area contributed by atoms with E-state index in [2.05, 4.69) is 21.0 Å². The van der Waals surface area contributed by atoms with Crippen molar-refractivity contribution in [2.75, 3.05) is 13.2 Å². The van der Waals surface area contributed by atoms with Crippen molar-refractivity contribution in [3.05, 3.63) is 60.0 Å². The third-order valence-corrected chi connectivity index (χ3v) is 5.67. The van der Waals surface area contributed by atoms with Gasteiger partial charge in [-0.15, -0.1) is 0 Å². The van der Waals surface area contributed by atoms with E-state index in [1.165, 1.54) is 12.8 Å². The molecule has 0 aliphatic heterocycles. The molecule has 32 heavy (non-hydrogen) atoms. The largest absolute Gasteiger partial charge is 0.490 e. The summed E-state index contributed by atoms with van der Waals surface area (Å²) in [4.78, 5) is 16.9. The maximum atomic E-state index is 12.8. The molecule has 2 aromatic heterocycles. The molecular weight excluding hydrogens is 404 g/mol. The first kappa shape index (κ1) is 21.9. The minimum atomic E-state index is -0.171. The van der Waals surface area contributed by atoms with Crippen molar-refractivity contribution in [2.24, 2.45) is 0 Å². The number of carbonyl (C=O) groups is 1. The van der Waals surface area contributed by atoms with Crippen molar-refractivity contribution in [3.8, 4) is 22.8 Å². The maximum absolute atomic E-state index is 12.8. The van der Waals surface area contributed by atoms with E-state index in [0.29, 0.717) is 42.9 Å². The highest BCUT2D eigenvalue weighted by Gasteiger charge is 2.22. The highest BCUT2D eigenvalue weighted by Crippen LogP contribution is 2.33. The molecule has 1 aliphatic carbocycles. The molecule has 0 radical (unpaired) electrons. The summed E-state index contributed by atoms with van der Waals surface area (Å²) in [6.45, 7) is 5.22. The van der Waals surface area contributed by atoms with Crippen molar-refractivity contribution in [2.45, 2.75) is 52.1 Å². The molecule has 168 valence electrons. The van der Waals surface area contributed by atoms with Crippen LogP contribution in [0.25, 0.3) is 11.3 Å². The van der Waals surface area contributed by atoms with E-state index in [9.17, 15) is 4.79 Å². The molecule has 0 bridgehead atoms. The van der Waals surface area contributed by atoms with Crippen LogP contribution in [0.5, 0.6) is 11.5 Å². The van der Waals surface area contributed by atoms with Crippen LogP contribution in [0.1, 0.15) is 61.6 Å². The minimum Gasteiger partial charge on any atom is -0.490 e. The summed E-state index contributed by atoms with van der Waals surface area (Å²) in [5.41, 5.74) is 3.53. The quantitative estimate of drug-likeness (QED) is 0.524. The van der Waals surface area contributed by atoms with Crippen molar-refractivity contribution < 1.29 is 14.3 Å². The molecule has 2 heterocycles. The average Bonchev–Trinajstić information content (AvgIpc) is 3.49. The van der Waals surface area contributed by atoms with Crippen LogP contribution in [0.2, 0.25) is 0 Å². The monoisotopic (exact) mass is 434 g/mol. The number of nitrogens with one attached hydrogen (secondary N) is 1. The fraction of sp³-hybridized carbons (Fsp3) is 0.400. The fourth-order valence-electron chi connectivity index (χ4n) is 4.16. The van der Waals surface area contributed by atoms with Gasteiger partial charge in [0.25, 0.3) is 5.91 Å². The summed E-state index contributed by atoms with van der Waals surface area (Å²) in [6, 6.07) is 11.7. The van der Waals surface area contributed by atoms with Gasteiger partial charge in [0, 0.05) is 23.5 Å². The molecule has 1 saturated carbocycles. The number of carbonyl (C=O) groups excluding carboxylic acids is 1. The SMILES string of the molecule is CCOc1ccc(C(=O)NCc2cc(-c3ccncc3)n(C3CCCC3)n2)cc1OCC. The number of hydrogen-bond donors (Lipinski definition) is 1. The highest BCUT2D eigenvalue weighted by atomic mass is 16.5. The highest BCUT2D eigenvalue weighted by molar-refractivity contribution is 5.94. The topological polar surface area (TPSA) is 78.3 Å². The second-order valence-electron chi connectivity index (χ2n) is 7.85. The van der Waals surface area contributed by atoms with E-state index in [1.807, 2.05) is 26.0 Å². The Kier molecular flexibility index (Phi) is 7.04. The number of rotatable bonds is 9. The van der Waals surface area contributed by atoms with Gasteiger partial charge in [-0.2, -0.15) is 5.10 Å². The van der Waals surface area contributed by atoms with Gasteiger partial charge in [-0.1, -0.05) is 12.8 Å². The van der Waals surface area contributed by atoms with Crippen LogP contribution in [0.4, 0.5) is 0 Å². The van der Waals surface area contributed by atoms with Crippen LogP contribution in [0.3, 0.4) is 0 Å². The summed E-state index contributed by atoms with van der Waals surface area (Å²) >= 11 is 0. The first-order valence-corrected chi connectivity index (χ1v) is 11.4. The number of nitrogens with zero attached hydrogens (tertiary/aromatic N) is 3. The Morgan fingerprint density at radius 2 is 1.75 bits per heavy atom.